The maximum absolute atomic E-state index is 5.34. The summed E-state index contributed by atoms with van der Waals surface area (Å²) in [5.74, 6) is 2.07. The molecule has 0 saturated heterocycles. The van der Waals surface area contributed by atoms with Crippen LogP contribution in [0.3, 0.4) is 0 Å². The van der Waals surface area contributed by atoms with Gasteiger partial charge in [0.25, 0.3) is 0 Å². The molecule has 2 N–H and O–H groups in total. The summed E-state index contributed by atoms with van der Waals surface area (Å²) in [6.45, 7) is 10.2. The molecule has 0 spiro atoms. The quantitative estimate of drug-likeness (QED) is 0.443. The minimum absolute atomic E-state index is 0.309. The van der Waals surface area contributed by atoms with Gasteiger partial charge in [-0.1, -0.05) is 19.1 Å². The molecule has 0 saturated carbocycles. The van der Waals surface area contributed by atoms with E-state index in [4.69, 9.17) is 4.42 Å². The predicted molar refractivity (Wildman–Crippen MR) is 96.1 cm³/mol. The molecule has 2 aromatic heterocycles. The third kappa shape index (κ3) is 6.28. The van der Waals surface area contributed by atoms with Crippen molar-refractivity contribution in [3.05, 3.63) is 52.9 Å². The molecule has 0 aliphatic heterocycles. The molecule has 0 fully saturated rings. The monoisotopic (exact) mass is 332 g/mol. The van der Waals surface area contributed by atoms with Crippen LogP contribution < -0.4 is 10.6 Å². The van der Waals surface area contributed by atoms with E-state index in [1.807, 2.05) is 30.6 Å². The second kappa shape index (κ2) is 9.15. The molecular weight excluding hydrogens is 308 g/mol. The van der Waals surface area contributed by atoms with Gasteiger partial charge in [0.1, 0.15) is 5.76 Å². The molecule has 1 atom stereocenters. The average Bonchev–Trinajstić information content (AvgIpc) is 3.21. The van der Waals surface area contributed by atoms with Gasteiger partial charge >= 0.3 is 0 Å². The minimum atomic E-state index is 0.309. The van der Waals surface area contributed by atoms with Crippen LogP contribution in [-0.4, -0.2) is 30.6 Å². The number of thiazole rings is 1. The lowest BCUT2D eigenvalue weighted by molar-refractivity contribution is 0.507. The van der Waals surface area contributed by atoms with Crippen molar-refractivity contribution in [3.8, 4) is 0 Å². The molecule has 0 amide bonds. The van der Waals surface area contributed by atoms with Crippen molar-refractivity contribution in [2.24, 2.45) is 4.99 Å². The lowest BCUT2D eigenvalue weighted by Gasteiger charge is -2.13. The number of nitrogens with zero attached hydrogens (tertiary/aromatic N) is 2. The fraction of sp³-hybridized carbons (Fsp3) is 0.412. The summed E-state index contributed by atoms with van der Waals surface area (Å²) in [5.41, 5.74) is 1.07. The van der Waals surface area contributed by atoms with Gasteiger partial charge in [-0.15, -0.1) is 11.3 Å². The molecule has 124 valence electrons. The van der Waals surface area contributed by atoms with E-state index in [1.165, 1.54) is 0 Å². The Hall–Kier alpha value is -2.08. The fourth-order valence-electron chi connectivity index (χ4n) is 1.95. The standard InChI is InChI=1S/C17H24N4OS/c1-13(2)11-20-17(19-7-6-15-5-4-9-22-15)21-12-14(3)16-18-8-10-23-16/h4-5,8-10,14H,1,6-7,11-12H2,2-3H3,(H2,19,20,21). The highest BCUT2D eigenvalue weighted by atomic mass is 32.1. The second-order valence-corrected chi connectivity index (χ2v) is 6.45. The van der Waals surface area contributed by atoms with E-state index in [2.05, 4.69) is 34.1 Å². The molecule has 0 aliphatic rings. The molecule has 2 heterocycles. The topological polar surface area (TPSA) is 62.5 Å². The van der Waals surface area contributed by atoms with E-state index in [1.54, 1.807) is 17.6 Å². The van der Waals surface area contributed by atoms with Gasteiger partial charge in [-0.25, -0.2) is 4.98 Å². The highest BCUT2D eigenvalue weighted by molar-refractivity contribution is 7.09. The van der Waals surface area contributed by atoms with E-state index in [-0.39, 0.29) is 0 Å². The number of nitrogens with one attached hydrogen (secondary N) is 2. The van der Waals surface area contributed by atoms with E-state index < -0.39 is 0 Å². The first-order chi connectivity index (χ1) is 11.1. The Labute approximate surface area is 141 Å². The van der Waals surface area contributed by atoms with Crippen molar-refractivity contribution in [2.75, 3.05) is 19.6 Å². The van der Waals surface area contributed by atoms with Crippen LogP contribution in [0.2, 0.25) is 0 Å². The lowest BCUT2D eigenvalue weighted by atomic mass is 10.2. The first-order valence-electron chi connectivity index (χ1n) is 7.73. The summed E-state index contributed by atoms with van der Waals surface area (Å²) in [5, 5.41) is 9.74. The van der Waals surface area contributed by atoms with Crippen molar-refractivity contribution in [1.82, 2.24) is 15.6 Å². The lowest BCUT2D eigenvalue weighted by Crippen LogP contribution is -2.39. The summed E-state index contributed by atoms with van der Waals surface area (Å²) in [7, 11) is 0. The first-order valence-corrected chi connectivity index (χ1v) is 8.61. The van der Waals surface area contributed by atoms with Crippen molar-refractivity contribution >= 4 is 17.3 Å². The number of hydrogen-bond acceptors (Lipinski definition) is 4. The van der Waals surface area contributed by atoms with Crippen LogP contribution in [-0.2, 0) is 6.42 Å². The molecular formula is C17H24N4OS. The predicted octanol–water partition coefficient (Wildman–Crippen LogP) is 3.19. The van der Waals surface area contributed by atoms with Crippen LogP contribution in [0.4, 0.5) is 0 Å². The van der Waals surface area contributed by atoms with Crippen LogP contribution in [0.15, 0.2) is 51.5 Å². The van der Waals surface area contributed by atoms with E-state index >= 15 is 0 Å². The van der Waals surface area contributed by atoms with Gasteiger partial charge in [-0.2, -0.15) is 0 Å². The van der Waals surface area contributed by atoms with Crippen LogP contribution in [0.1, 0.15) is 30.5 Å². The Morgan fingerprint density at radius 3 is 3.00 bits per heavy atom. The van der Waals surface area contributed by atoms with E-state index in [9.17, 15) is 0 Å². The Morgan fingerprint density at radius 2 is 2.35 bits per heavy atom. The minimum Gasteiger partial charge on any atom is -0.469 e. The molecule has 0 aliphatic carbocycles. The Kier molecular flexibility index (Phi) is 6.87. The summed E-state index contributed by atoms with van der Waals surface area (Å²) in [4.78, 5) is 9.01. The maximum Gasteiger partial charge on any atom is 0.191 e. The van der Waals surface area contributed by atoms with Gasteiger partial charge in [-0.05, 0) is 19.1 Å². The molecule has 1 unspecified atom stereocenters. The summed E-state index contributed by atoms with van der Waals surface area (Å²) in [6.07, 6.45) is 4.35. The molecule has 5 nitrogen and oxygen atoms in total. The molecule has 6 heteroatoms. The highest BCUT2D eigenvalue weighted by Gasteiger charge is 2.08. The van der Waals surface area contributed by atoms with Crippen molar-refractivity contribution in [3.63, 3.8) is 0 Å². The van der Waals surface area contributed by atoms with Crippen molar-refractivity contribution in [2.45, 2.75) is 26.2 Å². The number of aliphatic imine (C=N–C) groups is 1. The number of hydrogen-bond donors (Lipinski definition) is 2. The SMILES string of the molecule is C=C(C)CNC(=NCC(C)c1nccs1)NCCc1ccco1. The molecule has 2 aromatic rings. The third-order valence-corrected chi connectivity index (χ3v) is 4.20. The maximum atomic E-state index is 5.34. The third-order valence-electron chi connectivity index (χ3n) is 3.20. The smallest absolute Gasteiger partial charge is 0.191 e. The molecule has 2 rings (SSSR count). The molecule has 0 aromatic carbocycles. The Morgan fingerprint density at radius 1 is 1.48 bits per heavy atom. The van der Waals surface area contributed by atoms with Gasteiger partial charge < -0.3 is 15.1 Å². The van der Waals surface area contributed by atoms with Crippen LogP contribution in [0, 0.1) is 0 Å². The normalized spacial score (nSPS) is 12.9. The fourth-order valence-corrected chi connectivity index (χ4v) is 2.64. The number of rotatable bonds is 8. The zero-order chi connectivity index (χ0) is 16.5. The van der Waals surface area contributed by atoms with Gasteiger partial charge in [0.05, 0.1) is 17.8 Å². The zero-order valence-corrected chi connectivity index (χ0v) is 14.5. The van der Waals surface area contributed by atoms with E-state index in [0.29, 0.717) is 19.0 Å². The van der Waals surface area contributed by atoms with Crippen molar-refractivity contribution in [1.29, 1.82) is 0 Å². The highest BCUT2D eigenvalue weighted by Crippen LogP contribution is 2.17. The van der Waals surface area contributed by atoms with E-state index in [0.717, 1.165) is 35.3 Å². The van der Waals surface area contributed by atoms with Crippen LogP contribution in [0.5, 0.6) is 0 Å². The van der Waals surface area contributed by atoms with Crippen LogP contribution >= 0.6 is 11.3 Å². The first kappa shape index (κ1) is 17.3. The zero-order valence-electron chi connectivity index (χ0n) is 13.7. The van der Waals surface area contributed by atoms with Crippen molar-refractivity contribution < 1.29 is 4.42 Å². The number of aromatic nitrogens is 1. The molecule has 0 radical (unpaired) electrons. The van der Waals surface area contributed by atoms with Gasteiger partial charge in [0.15, 0.2) is 5.96 Å². The molecule has 0 bridgehead atoms. The second-order valence-electron chi connectivity index (χ2n) is 5.53. The number of guanidine groups is 1. The average molecular weight is 332 g/mol. The van der Waals surface area contributed by atoms with Gasteiger partial charge in [-0.3, -0.25) is 4.99 Å². The number of furan rings is 1. The van der Waals surface area contributed by atoms with Gasteiger partial charge in [0.2, 0.25) is 0 Å². The Bertz CT molecular complexity index is 605. The molecule has 23 heavy (non-hydrogen) atoms. The summed E-state index contributed by atoms with van der Waals surface area (Å²) >= 11 is 1.67. The Balaban J connectivity index is 1.86. The summed E-state index contributed by atoms with van der Waals surface area (Å²) < 4.78 is 5.34. The largest absolute Gasteiger partial charge is 0.469 e. The van der Waals surface area contributed by atoms with Crippen LogP contribution in [0.25, 0.3) is 0 Å². The van der Waals surface area contributed by atoms with Gasteiger partial charge in [0, 0.05) is 37.0 Å². The summed E-state index contributed by atoms with van der Waals surface area (Å²) in [6, 6.07) is 3.88.